The van der Waals surface area contributed by atoms with E-state index in [4.69, 9.17) is 5.73 Å². The molecule has 2 N–H and O–H groups in total. The highest BCUT2D eigenvalue weighted by atomic mass is 32.1. The Balaban J connectivity index is 1.64. The summed E-state index contributed by atoms with van der Waals surface area (Å²) in [6, 6.07) is 13.5. The second-order valence-electron chi connectivity index (χ2n) is 7.04. The number of amides is 2. The van der Waals surface area contributed by atoms with Crippen LogP contribution < -0.4 is 10.6 Å². The van der Waals surface area contributed by atoms with E-state index in [0.29, 0.717) is 12.1 Å². The maximum atomic E-state index is 12.8. The van der Waals surface area contributed by atoms with Gasteiger partial charge in [-0.05, 0) is 49.2 Å². The zero-order valence-electron chi connectivity index (χ0n) is 16.1. The summed E-state index contributed by atoms with van der Waals surface area (Å²) in [5.74, 6) is -2.87. The predicted molar refractivity (Wildman–Crippen MR) is 112 cm³/mol. The summed E-state index contributed by atoms with van der Waals surface area (Å²) >= 11 is 1.53. The molecule has 1 aliphatic rings. The first-order chi connectivity index (χ1) is 14.7. The van der Waals surface area contributed by atoms with E-state index in [-0.39, 0.29) is 17.5 Å². The molecule has 0 saturated carbocycles. The number of fused-ring (bicyclic) bond motifs is 1. The number of hydrogen-bond donors (Lipinski definition) is 1. The lowest BCUT2D eigenvalue weighted by molar-refractivity contribution is -0.169. The highest BCUT2D eigenvalue weighted by molar-refractivity contribution is 7.18. The molecule has 4 rings (SSSR count). The summed E-state index contributed by atoms with van der Waals surface area (Å²) in [7, 11) is 0. The third kappa shape index (κ3) is 4.29. The van der Waals surface area contributed by atoms with Crippen molar-refractivity contribution in [1.29, 1.82) is 0 Å². The van der Waals surface area contributed by atoms with Crippen LogP contribution >= 0.6 is 11.3 Å². The molecule has 1 unspecified atom stereocenters. The van der Waals surface area contributed by atoms with Crippen LogP contribution in [0.2, 0.25) is 0 Å². The van der Waals surface area contributed by atoms with Crippen LogP contribution in [0.3, 0.4) is 0 Å². The summed E-state index contributed by atoms with van der Waals surface area (Å²) in [5.41, 5.74) is 7.15. The molecule has 0 bridgehead atoms. The number of aromatic nitrogens is 1. The molecular weight excluding hydrogens is 429 g/mol. The molecule has 31 heavy (non-hydrogen) atoms. The highest BCUT2D eigenvalue weighted by Crippen LogP contribution is 2.39. The molecule has 1 aromatic heterocycles. The van der Waals surface area contributed by atoms with E-state index in [2.05, 4.69) is 9.98 Å². The van der Waals surface area contributed by atoms with Crippen LogP contribution in [0.25, 0.3) is 10.2 Å². The van der Waals surface area contributed by atoms with Crippen molar-refractivity contribution in [3.05, 3.63) is 59.1 Å². The van der Waals surface area contributed by atoms with Crippen LogP contribution in [-0.2, 0) is 9.59 Å². The first kappa shape index (κ1) is 21.0. The SMILES string of the molecule is NC(=NC(=O)C(F)(F)F)c1ccc(N2C(=O)CCCC2c2nc3ccccc3s2)cc1. The molecule has 1 aliphatic heterocycles. The fourth-order valence-electron chi connectivity index (χ4n) is 3.49. The van der Waals surface area contributed by atoms with Crippen molar-refractivity contribution >= 4 is 44.9 Å². The van der Waals surface area contributed by atoms with Crippen molar-refractivity contribution < 1.29 is 22.8 Å². The minimum atomic E-state index is -5.09. The lowest BCUT2D eigenvalue weighted by Crippen LogP contribution is -2.38. The normalized spacial score (nSPS) is 17.9. The van der Waals surface area contributed by atoms with Crippen molar-refractivity contribution in [3.63, 3.8) is 0 Å². The molecule has 1 atom stereocenters. The number of para-hydroxylation sites is 1. The molecular formula is C21H17F3N4O2S. The standard InChI is InChI=1S/C21H17F3N4O2S/c22-21(23,24)20(30)27-18(25)12-8-10-13(11-9-12)28-15(5-3-7-17(28)29)19-26-14-4-1-2-6-16(14)31-19/h1-2,4,6,8-11,15H,3,5,7H2,(H2,25,27,30). The maximum Gasteiger partial charge on any atom is 0.473 e. The van der Waals surface area contributed by atoms with Crippen LogP contribution in [0.4, 0.5) is 18.9 Å². The Kier molecular flexibility index (Phi) is 5.48. The molecule has 0 aliphatic carbocycles. The zero-order valence-corrected chi connectivity index (χ0v) is 16.9. The third-order valence-electron chi connectivity index (χ3n) is 4.95. The van der Waals surface area contributed by atoms with E-state index in [1.807, 2.05) is 24.3 Å². The molecule has 1 saturated heterocycles. The van der Waals surface area contributed by atoms with Crippen LogP contribution in [0.1, 0.15) is 35.9 Å². The topological polar surface area (TPSA) is 88.6 Å². The molecule has 6 nitrogen and oxygen atoms in total. The number of nitrogens with zero attached hydrogens (tertiary/aromatic N) is 3. The van der Waals surface area contributed by atoms with Gasteiger partial charge in [0.1, 0.15) is 10.8 Å². The summed E-state index contributed by atoms with van der Waals surface area (Å²) in [6.07, 6.45) is -3.20. The van der Waals surface area contributed by atoms with E-state index in [1.54, 1.807) is 17.0 Å². The first-order valence-electron chi connectivity index (χ1n) is 9.47. The first-order valence-corrected chi connectivity index (χ1v) is 10.3. The molecule has 2 aromatic carbocycles. The number of carbonyl (C=O) groups excluding carboxylic acids is 2. The molecule has 1 fully saturated rings. The van der Waals surface area contributed by atoms with E-state index in [0.717, 1.165) is 28.1 Å². The van der Waals surface area contributed by atoms with Crippen molar-refractivity contribution in [2.45, 2.75) is 31.5 Å². The number of amidine groups is 1. The highest BCUT2D eigenvalue weighted by Gasteiger charge is 2.39. The third-order valence-corrected chi connectivity index (χ3v) is 6.09. The quantitative estimate of drug-likeness (QED) is 0.479. The average Bonchev–Trinajstić information content (AvgIpc) is 3.17. The molecule has 160 valence electrons. The van der Waals surface area contributed by atoms with Gasteiger partial charge in [-0.15, -0.1) is 11.3 Å². The molecule has 3 aromatic rings. The van der Waals surface area contributed by atoms with Gasteiger partial charge in [0.25, 0.3) is 0 Å². The minimum Gasteiger partial charge on any atom is -0.383 e. The number of piperidine rings is 1. The molecule has 0 spiro atoms. The number of hydrogen-bond acceptors (Lipinski definition) is 4. The van der Waals surface area contributed by atoms with E-state index >= 15 is 0 Å². The Labute approximate surface area is 179 Å². The molecule has 10 heteroatoms. The number of anilines is 1. The average molecular weight is 446 g/mol. The maximum absolute atomic E-state index is 12.8. The van der Waals surface area contributed by atoms with Gasteiger partial charge in [-0.2, -0.15) is 18.2 Å². The van der Waals surface area contributed by atoms with Crippen molar-refractivity contribution in [1.82, 2.24) is 4.98 Å². The molecule has 2 amide bonds. The molecule has 2 heterocycles. The van der Waals surface area contributed by atoms with E-state index < -0.39 is 17.9 Å². The van der Waals surface area contributed by atoms with Gasteiger partial charge in [0, 0.05) is 17.7 Å². The zero-order chi connectivity index (χ0) is 22.2. The second-order valence-corrected chi connectivity index (χ2v) is 8.10. The van der Waals surface area contributed by atoms with Gasteiger partial charge in [-0.1, -0.05) is 12.1 Å². The van der Waals surface area contributed by atoms with Gasteiger partial charge < -0.3 is 10.6 Å². The van der Waals surface area contributed by atoms with Gasteiger partial charge in [-0.3, -0.25) is 9.59 Å². The Morgan fingerprint density at radius 3 is 2.55 bits per heavy atom. The number of nitrogens with two attached hydrogens (primary N) is 1. The van der Waals surface area contributed by atoms with Crippen molar-refractivity contribution in [2.75, 3.05) is 4.90 Å². The Hall–Kier alpha value is -3.27. The second kappa shape index (κ2) is 8.10. The minimum absolute atomic E-state index is 0.0582. The van der Waals surface area contributed by atoms with Crippen LogP contribution in [-0.4, -0.2) is 28.8 Å². The van der Waals surface area contributed by atoms with Gasteiger partial charge in [0.2, 0.25) is 5.91 Å². The van der Waals surface area contributed by atoms with Crippen LogP contribution in [0.5, 0.6) is 0 Å². The number of halogens is 3. The Morgan fingerprint density at radius 2 is 1.87 bits per heavy atom. The van der Waals surface area contributed by atoms with Crippen LogP contribution in [0.15, 0.2) is 53.5 Å². The largest absolute Gasteiger partial charge is 0.473 e. The smallest absolute Gasteiger partial charge is 0.383 e. The lowest BCUT2D eigenvalue weighted by atomic mass is 10.0. The Bertz CT molecular complexity index is 1140. The number of alkyl halides is 3. The summed E-state index contributed by atoms with van der Waals surface area (Å²) in [5, 5.41) is 0.829. The van der Waals surface area contributed by atoms with Gasteiger partial charge >= 0.3 is 12.1 Å². The van der Waals surface area contributed by atoms with Gasteiger partial charge in [0.15, 0.2) is 0 Å². The van der Waals surface area contributed by atoms with Gasteiger partial charge in [-0.25, -0.2) is 4.98 Å². The summed E-state index contributed by atoms with van der Waals surface area (Å²) in [6.45, 7) is 0. The van der Waals surface area contributed by atoms with Crippen molar-refractivity contribution in [2.24, 2.45) is 10.7 Å². The Morgan fingerprint density at radius 1 is 1.16 bits per heavy atom. The number of rotatable bonds is 3. The molecule has 0 radical (unpaired) electrons. The monoisotopic (exact) mass is 446 g/mol. The van der Waals surface area contributed by atoms with Crippen LogP contribution in [0, 0.1) is 0 Å². The number of aliphatic imine (C=N–C) groups is 1. The predicted octanol–water partition coefficient (Wildman–Crippen LogP) is 4.35. The van der Waals surface area contributed by atoms with Gasteiger partial charge in [0.05, 0.1) is 16.3 Å². The summed E-state index contributed by atoms with van der Waals surface area (Å²) in [4.78, 5) is 33.0. The fourth-order valence-corrected chi connectivity index (χ4v) is 4.58. The number of thiazole rings is 1. The number of carbonyl (C=O) groups is 2. The van der Waals surface area contributed by atoms with E-state index in [9.17, 15) is 22.8 Å². The van der Waals surface area contributed by atoms with E-state index in [1.165, 1.54) is 23.5 Å². The lowest BCUT2D eigenvalue weighted by Gasteiger charge is -2.34. The summed E-state index contributed by atoms with van der Waals surface area (Å²) < 4.78 is 38.2. The fraction of sp³-hybridized carbons (Fsp3) is 0.238. The number of benzene rings is 2. The van der Waals surface area contributed by atoms with Crippen molar-refractivity contribution in [3.8, 4) is 0 Å².